The molecule has 18 heavy (non-hydrogen) atoms. The highest BCUT2D eigenvalue weighted by Gasteiger charge is 2.20. The van der Waals surface area contributed by atoms with Gasteiger partial charge in [-0.1, -0.05) is 6.07 Å². The molecule has 0 bridgehead atoms. The lowest BCUT2D eigenvalue weighted by atomic mass is 10.1. The smallest absolute Gasteiger partial charge is 0.0951 e. The van der Waals surface area contributed by atoms with Gasteiger partial charge in [-0.2, -0.15) is 0 Å². The number of aryl methyl sites for hydroxylation is 1. The predicted molar refractivity (Wildman–Crippen MR) is 70.5 cm³/mol. The lowest BCUT2D eigenvalue weighted by molar-refractivity contribution is 0.647. The highest BCUT2D eigenvalue weighted by Crippen LogP contribution is 2.22. The summed E-state index contributed by atoms with van der Waals surface area (Å²) in [6, 6.07) is 6.16. The number of hydrogen-bond acceptors (Lipinski definition) is 3. The first-order chi connectivity index (χ1) is 8.83. The van der Waals surface area contributed by atoms with E-state index >= 15 is 0 Å². The zero-order valence-electron chi connectivity index (χ0n) is 10.6. The summed E-state index contributed by atoms with van der Waals surface area (Å²) < 4.78 is 2.22. The molecule has 3 rings (SSSR count). The molecule has 2 aromatic heterocycles. The van der Waals surface area contributed by atoms with Crippen molar-refractivity contribution >= 4 is 0 Å². The Hall–Kier alpha value is -1.68. The van der Waals surface area contributed by atoms with E-state index in [1.54, 1.807) is 0 Å². The Balaban J connectivity index is 1.82. The topological polar surface area (TPSA) is 42.7 Å². The van der Waals surface area contributed by atoms with Gasteiger partial charge in [0.1, 0.15) is 0 Å². The van der Waals surface area contributed by atoms with Crippen LogP contribution in [0.25, 0.3) is 0 Å². The first kappa shape index (κ1) is 11.4. The minimum Gasteiger partial charge on any atom is -0.328 e. The summed E-state index contributed by atoms with van der Waals surface area (Å²) in [5.74, 6) is 0.595. The molecule has 0 radical (unpaired) electrons. The van der Waals surface area contributed by atoms with Crippen LogP contribution in [-0.2, 0) is 6.54 Å². The highest BCUT2D eigenvalue weighted by molar-refractivity contribution is 5.14. The first-order valence-electron chi connectivity index (χ1n) is 6.46. The van der Waals surface area contributed by atoms with Crippen molar-refractivity contribution in [3.63, 3.8) is 0 Å². The van der Waals surface area contributed by atoms with Gasteiger partial charge in [0.2, 0.25) is 0 Å². The number of nitrogens with zero attached hydrogens (tertiary/aromatic N) is 3. The van der Waals surface area contributed by atoms with Crippen LogP contribution < -0.4 is 5.32 Å². The van der Waals surface area contributed by atoms with Crippen LogP contribution in [0.15, 0.2) is 30.7 Å². The summed E-state index contributed by atoms with van der Waals surface area (Å²) in [6.45, 7) is 5.01. The monoisotopic (exact) mass is 242 g/mol. The van der Waals surface area contributed by atoms with Gasteiger partial charge in [-0.25, -0.2) is 4.98 Å². The molecule has 1 fully saturated rings. The van der Waals surface area contributed by atoms with Crippen LogP contribution in [0.2, 0.25) is 0 Å². The van der Waals surface area contributed by atoms with Gasteiger partial charge in [-0.3, -0.25) is 4.98 Å². The second-order valence-corrected chi connectivity index (χ2v) is 4.91. The minimum atomic E-state index is 0.595. The van der Waals surface area contributed by atoms with E-state index in [4.69, 9.17) is 0 Å². The molecule has 0 saturated carbocycles. The van der Waals surface area contributed by atoms with E-state index < -0.39 is 0 Å². The Morgan fingerprint density at radius 2 is 2.39 bits per heavy atom. The summed E-state index contributed by atoms with van der Waals surface area (Å²) in [4.78, 5) is 8.84. The fourth-order valence-electron chi connectivity index (χ4n) is 2.57. The third-order valence-corrected chi connectivity index (χ3v) is 3.50. The first-order valence-corrected chi connectivity index (χ1v) is 6.46. The summed E-state index contributed by atoms with van der Waals surface area (Å²) in [5.41, 5.74) is 3.49. The van der Waals surface area contributed by atoms with Gasteiger partial charge in [-0.05, 0) is 32.0 Å². The third-order valence-electron chi connectivity index (χ3n) is 3.50. The second kappa shape index (κ2) is 4.90. The van der Waals surface area contributed by atoms with Crippen LogP contribution in [0.3, 0.4) is 0 Å². The number of pyridine rings is 1. The number of imidazole rings is 1. The Bertz CT molecular complexity index is 526. The van der Waals surface area contributed by atoms with Crippen molar-refractivity contribution < 1.29 is 0 Å². The van der Waals surface area contributed by atoms with Gasteiger partial charge in [0.05, 0.1) is 18.6 Å². The largest absolute Gasteiger partial charge is 0.328 e. The summed E-state index contributed by atoms with van der Waals surface area (Å²) >= 11 is 0. The number of rotatable bonds is 3. The van der Waals surface area contributed by atoms with Crippen LogP contribution >= 0.6 is 0 Å². The van der Waals surface area contributed by atoms with Gasteiger partial charge in [0, 0.05) is 30.0 Å². The normalized spacial score (nSPS) is 19.3. The van der Waals surface area contributed by atoms with Gasteiger partial charge < -0.3 is 9.88 Å². The Morgan fingerprint density at radius 3 is 3.17 bits per heavy atom. The highest BCUT2D eigenvalue weighted by atomic mass is 15.1. The van der Waals surface area contributed by atoms with Crippen molar-refractivity contribution in [3.05, 3.63) is 47.8 Å². The van der Waals surface area contributed by atoms with Crippen molar-refractivity contribution in [3.8, 4) is 0 Å². The lowest BCUT2D eigenvalue weighted by Gasteiger charge is -2.12. The SMILES string of the molecule is Cc1cccc(Cn2cncc2C2CCNC2)n1. The second-order valence-electron chi connectivity index (χ2n) is 4.91. The predicted octanol–water partition coefficient (Wildman–Crippen LogP) is 1.71. The third kappa shape index (κ3) is 2.29. The molecule has 1 atom stereocenters. The maximum absolute atomic E-state index is 4.55. The van der Waals surface area contributed by atoms with Gasteiger partial charge in [0.15, 0.2) is 0 Å². The Labute approximate surface area is 107 Å². The van der Waals surface area contributed by atoms with E-state index in [0.29, 0.717) is 5.92 Å². The number of nitrogens with one attached hydrogen (secondary N) is 1. The molecule has 2 aromatic rings. The van der Waals surface area contributed by atoms with E-state index in [9.17, 15) is 0 Å². The molecule has 4 heteroatoms. The fraction of sp³-hybridized carbons (Fsp3) is 0.429. The van der Waals surface area contributed by atoms with Crippen molar-refractivity contribution in [2.45, 2.75) is 25.8 Å². The summed E-state index contributed by atoms with van der Waals surface area (Å²) in [7, 11) is 0. The minimum absolute atomic E-state index is 0.595. The molecule has 1 aliphatic heterocycles. The van der Waals surface area contributed by atoms with E-state index in [-0.39, 0.29) is 0 Å². The van der Waals surface area contributed by atoms with Crippen molar-refractivity contribution in [2.75, 3.05) is 13.1 Å². The van der Waals surface area contributed by atoms with E-state index in [2.05, 4.69) is 32.0 Å². The molecule has 0 spiro atoms. The summed E-state index contributed by atoms with van der Waals surface area (Å²) in [6.07, 6.45) is 5.11. The molecule has 0 amide bonds. The van der Waals surface area contributed by atoms with E-state index in [1.165, 1.54) is 12.1 Å². The zero-order chi connectivity index (χ0) is 12.4. The molecule has 1 N–H and O–H groups in total. The molecule has 3 heterocycles. The lowest BCUT2D eigenvalue weighted by Crippen LogP contribution is -2.12. The number of hydrogen-bond donors (Lipinski definition) is 1. The average Bonchev–Trinajstić information content (AvgIpc) is 2.98. The maximum Gasteiger partial charge on any atom is 0.0951 e. The van der Waals surface area contributed by atoms with Crippen LogP contribution in [0.4, 0.5) is 0 Å². The Morgan fingerprint density at radius 1 is 1.44 bits per heavy atom. The zero-order valence-corrected chi connectivity index (χ0v) is 10.6. The Kier molecular flexibility index (Phi) is 3.11. The van der Waals surface area contributed by atoms with Crippen LogP contribution in [0, 0.1) is 6.92 Å². The summed E-state index contributed by atoms with van der Waals surface area (Å²) in [5, 5.41) is 3.40. The molecule has 4 nitrogen and oxygen atoms in total. The van der Waals surface area contributed by atoms with Gasteiger partial charge in [-0.15, -0.1) is 0 Å². The molecule has 0 aromatic carbocycles. The van der Waals surface area contributed by atoms with Crippen LogP contribution in [0.5, 0.6) is 0 Å². The molecular formula is C14H18N4. The fourth-order valence-corrected chi connectivity index (χ4v) is 2.57. The molecule has 0 aliphatic carbocycles. The van der Waals surface area contributed by atoms with Crippen molar-refractivity contribution in [1.29, 1.82) is 0 Å². The molecule has 1 saturated heterocycles. The van der Waals surface area contributed by atoms with E-state index in [0.717, 1.165) is 31.0 Å². The quantitative estimate of drug-likeness (QED) is 0.891. The van der Waals surface area contributed by atoms with Crippen molar-refractivity contribution in [1.82, 2.24) is 19.9 Å². The molecular weight excluding hydrogens is 224 g/mol. The van der Waals surface area contributed by atoms with Gasteiger partial charge in [0.25, 0.3) is 0 Å². The molecule has 94 valence electrons. The van der Waals surface area contributed by atoms with Crippen molar-refractivity contribution in [2.24, 2.45) is 0 Å². The molecule has 1 aliphatic rings. The van der Waals surface area contributed by atoms with E-state index in [1.807, 2.05) is 25.5 Å². The van der Waals surface area contributed by atoms with Gasteiger partial charge >= 0.3 is 0 Å². The average molecular weight is 242 g/mol. The standard InChI is InChI=1S/C14H18N4/c1-11-3-2-4-13(17-11)9-18-10-16-8-14(18)12-5-6-15-7-12/h2-4,8,10,12,15H,5-7,9H2,1H3. The number of aromatic nitrogens is 3. The maximum atomic E-state index is 4.55. The molecule has 1 unspecified atom stereocenters. The van der Waals surface area contributed by atoms with Crippen LogP contribution in [-0.4, -0.2) is 27.6 Å². The van der Waals surface area contributed by atoms with Crippen LogP contribution in [0.1, 0.15) is 29.4 Å².